The summed E-state index contributed by atoms with van der Waals surface area (Å²) in [7, 11) is 0. The number of rotatable bonds is 13. The van der Waals surface area contributed by atoms with Crippen molar-refractivity contribution in [2.45, 2.75) is 65.3 Å². The highest BCUT2D eigenvalue weighted by molar-refractivity contribution is 5.95. The summed E-state index contributed by atoms with van der Waals surface area (Å²) in [6.45, 7) is 8.13. The monoisotopic (exact) mass is 660 g/mol. The quantitative estimate of drug-likeness (QED) is 0.134. The van der Waals surface area contributed by atoms with E-state index in [1.165, 1.54) is 29.8 Å². The van der Waals surface area contributed by atoms with Crippen LogP contribution >= 0.6 is 0 Å². The lowest BCUT2D eigenvalue weighted by molar-refractivity contribution is -0.274. The first-order chi connectivity index (χ1) is 22.8. The van der Waals surface area contributed by atoms with Crippen molar-refractivity contribution < 1.29 is 37.4 Å². The maximum Gasteiger partial charge on any atom is 0.573 e. The number of amides is 2. The van der Waals surface area contributed by atoms with E-state index >= 15 is 0 Å². The molecule has 0 aliphatic carbocycles. The van der Waals surface area contributed by atoms with Gasteiger partial charge in [-0.05, 0) is 97.0 Å². The van der Waals surface area contributed by atoms with Crippen LogP contribution < -0.4 is 15.4 Å². The second-order valence-electron chi connectivity index (χ2n) is 11.8. The molecule has 0 bridgehead atoms. The summed E-state index contributed by atoms with van der Waals surface area (Å²) in [4.78, 5) is 37.1. The first-order valence-electron chi connectivity index (χ1n) is 15.7. The van der Waals surface area contributed by atoms with Crippen molar-refractivity contribution in [1.29, 1.82) is 0 Å². The van der Waals surface area contributed by atoms with E-state index in [0.717, 1.165) is 34.2 Å². The third kappa shape index (κ3) is 9.47. The van der Waals surface area contributed by atoms with Crippen molar-refractivity contribution in [2.75, 3.05) is 6.54 Å². The van der Waals surface area contributed by atoms with E-state index in [9.17, 15) is 27.6 Å². The molecule has 0 spiro atoms. The number of alkyl halides is 3. The van der Waals surface area contributed by atoms with Gasteiger partial charge in [0.25, 0.3) is 11.8 Å². The van der Waals surface area contributed by atoms with E-state index in [1.54, 1.807) is 36.4 Å². The summed E-state index contributed by atoms with van der Waals surface area (Å²) >= 11 is 0. The largest absolute Gasteiger partial charge is 0.573 e. The van der Waals surface area contributed by atoms with Crippen LogP contribution in [0.2, 0.25) is 0 Å². The van der Waals surface area contributed by atoms with E-state index in [4.69, 9.17) is 5.11 Å². The smallest absolute Gasteiger partial charge is 0.481 e. The molecule has 0 aliphatic heterocycles. The summed E-state index contributed by atoms with van der Waals surface area (Å²) in [6.07, 6.45) is -3.71. The summed E-state index contributed by atoms with van der Waals surface area (Å²) in [5, 5.41) is 14.5. The SMILES string of the molecule is CCC[C@H](c1ccc(C(=O)NCCC(=O)O)cc1)[C@@H](NC(=O)c1ccc(-c2c(C)cc(C)cc2C)cc1)c1ccc(OC(F)(F)F)cc1. The zero-order valence-electron chi connectivity index (χ0n) is 27.3. The minimum Gasteiger partial charge on any atom is -0.481 e. The Morgan fingerprint density at radius 1 is 0.792 bits per heavy atom. The standard InChI is InChI=1S/C38H39F3N2O5/c1-5-6-32(26-7-11-29(12-8-26)36(46)42-20-19-33(44)45)35(28-15-17-31(18-16-28)48-38(39,40)41)43-37(47)30-13-9-27(10-14-30)34-24(3)21-23(2)22-25(34)4/h7-18,21-22,32,35H,5-6,19-20H2,1-4H3,(H,42,46)(H,43,47)(H,44,45)/t32-,35+/m1/s1. The molecule has 3 N–H and O–H groups in total. The van der Waals surface area contributed by atoms with Crippen LogP contribution in [0.15, 0.2) is 84.9 Å². The van der Waals surface area contributed by atoms with Gasteiger partial charge in [-0.25, -0.2) is 0 Å². The molecular weight excluding hydrogens is 621 g/mol. The maximum atomic E-state index is 13.8. The predicted octanol–water partition coefficient (Wildman–Crippen LogP) is 8.44. The number of halogens is 3. The van der Waals surface area contributed by atoms with Crippen molar-refractivity contribution in [3.8, 4) is 16.9 Å². The van der Waals surface area contributed by atoms with Crippen LogP contribution in [0.25, 0.3) is 11.1 Å². The van der Waals surface area contributed by atoms with Gasteiger partial charge in [-0.3, -0.25) is 14.4 Å². The minimum absolute atomic E-state index is 0.0122. The molecule has 0 saturated heterocycles. The molecule has 0 saturated carbocycles. The summed E-state index contributed by atoms with van der Waals surface area (Å²) in [6, 6.07) is 23.2. The number of nitrogens with one attached hydrogen (secondary N) is 2. The van der Waals surface area contributed by atoms with Gasteiger partial charge in [-0.15, -0.1) is 13.2 Å². The Balaban J connectivity index is 1.65. The van der Waals surface area contributed by atoms with E-state index in [1.807, 2.05) is 26.0 Å². The number of carbonyl (C=O) groups is 3. The highest BCUT2D eigenvalue weighted by Crippen LogP contribution is 2.37. The molecule has 7 nitrogen and oxygen atoms in total. The fourth-order valence-electron chi connectivity index (χ4n) is 6.04. The van der Waals surface area contributed by atoms with E-state index in [0.29, 0.717) is 23.1 Å². The first kappa shape index (κ1) is 35.7. The summed E-state index contributed by atoms with van der Waals surface area (Å²) in [5.41, 5.74) is 7.67. The molecule has 4 aromatic carbocycles. The zero-order chi connectivity index (χ0) is 35.0. The van der Waals surface area contributed by atoms with Crippen molar-refractivity contribution in [2.24, 2.45) is 0 Å². The number of hydrogen-bond acceptors (Lipinski definition) is 4. The normalized spacial score (nSPS) is 12.6. The highest BCUT2D eigenvalue weighted by Gasteiger charge is 2.32. The molecule has 0 aliphatic rings. The van der Waals surface area contributed by atoms with Crippen LogP contribution in [0.1, 0.15) is 86.7 Å². The number of carboxylic acid groups (broad SMARTS) is 1. The third-order valence-corrected chi connectivity index (χ3v) is 8.10. The maximum absolute atomic E-state index is 13.8. The Bertz CT molecular complexity index is 1710. The van der Waals surface area contributed by atoms with Crippen LogP contribution in [0.4, 0.5) is 13.2 Å². The molecule has 48 heavy (non-hydrogen) atoms. The Hall–Kier alpha value is -5.12. The number of carbonyl (C=O) groups excluding carboxylic acids is 2. The molecule has 0 fully saturated rings. The molecule has 0 radical (unpaired) electrons. The predicted molar refractivity (Wildman–Crippen MR) is 178 cm³/mol. The van der Waals surface area contributed by atoms with Crippen LogP contribution in [0.5, 0.6) is 5.75 Å². The van der Waals surface area contributed by atoms with Crippen molar-refractivity contribution >= 4 is 17.8 Å². The molecule has 252 valence electrons. The van der Waals surface area contributed by atoms with Crippen molar-refractivity contribution in [3.63, 3.8) is 0 Å². The van der Waals surface area contributed by atoms with Gasteiger partial charge in [0.2, 0.25) is 0 Å². The summed E-state index contributed by atoms with van der Waals surface area (Å²) < 4.78 is 42.7. The Morgan fingerprint density at radius 2 is 1.33 bits per heavy atom. The van der Waals surface area contributed by atoms with Gasteiger partial charge in [0.1, 0.15) is 5.75 Å². The summed E-state index contributed by atoms with van der Waals surface area (Å²) in [5.74, 6) is -2.48. The molecule has 0 heterocycles. The topological polar surface area (TPSA) is 105 Å². The second kappa shape index (κ2) is 15.6. The van der Waals surface area contributed by atoms with Gasteiger partial charge >= 0.3 is 12.3 Å². The zero-order valence-corrected chi connectivity index (χ0v) is 27.3. The second-order valence-corrected chi connectivity index (χ2v) is 11.8. The van der Waals surface area contributed by atoms with Gasteiger partial charge in [0.15, 0.2) is 0 Å². The van der Waals surface area contributed by atoms with E-state index in [2.05, 4.69) is 41.4 Å². The van der Waals surface area contributed by atoms with Gasteiger partial charge in [-0.2, -0.15) is 0 Å². The Labute approximate surface area is 278 Å². The first-order valence-corrected chi connectivity index (χ1v) is 15.7. The van der Waals surface area contributed by atoms with Crippen LogP contribution in [-0.4, -0.2) is 35.8 Å². The van der Waals surface area contributed by atoms with Gasteiger partial charge in [0.05, 0.1) is 12.5 Å². The number of aliphatic carboxylic acids is 1. The minimum atomic E-state index is -4.84. The number of benzene rings is 4. The number of hydrogen-bond donors (Lipinski definition) is 3. The fraction of sp³-hybridized carbons (Fsp3) is 0.289. The molecule has 4 rings (SSSR count). The van der Waals surface area contributed by atoms with E-state index in [-0.39, 0.29) is 30.5 Å². The van der Waals surface area contributed by atoms with Gasteiger partial charge in [-0.1, -0.05) is 67.4 Å². The average Bonchev–Trinajstić information content (AvgIpc) is 3.02. The fourth-order valence-corrected chi connectivity index (χ4v) is 6.04. The third-order valence-electron chi connectivity index (χ3n) is 8.10. The van der Waals surface area contributed by atoms with Crippen molar-refractivity contribution in [1.82, 2.24) is 10.6 Å². The number of ether oxygens (including phenoxy) is 1. The van der Waals surface area contributed by atoms with E-state index < -0.39 is 24.3 Å². The molecule has 4 aromatic rings. The molecule has 2 atom stereocenters. The lowest BCUT2D eigenvalue weighted by Crippen LogP contribution is -2.33. The van der Waals surface area contributed by atoms with Crippen LogP contribution in [0, 0.1) is 20.8 Å². The number of aryl methyl sites for hydroxylation is 3. The highest BCUT2D eigenvalue weighted by atomic mass is 19.4. The average molecular weight is 661 g/mol. The lowest BCUT2D eigenvalue weighted by Gasteiger charge is -2.29. The Morgan fingerprint density at radius 3 is 1.88 bits per heavy atom. The lowest BCUT2D eigenvalue weighted by atomic mass is 9.83. The molecule has 2 amide bonds. The molecule has 0 unspecified atom stereocenters. The van der Waals surface area contributed by atoms with Gasteiger partial charge in [0, 0.05) is 23.6 Å². The molecule has 0 aromatic heterocycles. The van der Waals surface area contributed by atoms with Gasteiger partial charge < -0.3 is 20.5 Å². The van der Waals surface area contributed by atoms with Crippen molar-refractivity contribution in [3.05, 3.63) is 124 Å². The Kier molecular flexibility index (Phi) is 11.6. The molecular formula is C38H39F3N2O5. The number of carboxylic acids is 1. The molecule has 10 heteroatoms. The van der Waals surface area contributed by atoms with Crippen LogP contribution in [0.3, 0.4) is 0 Å². The van der Waals surface area contributed by atoms with Crippen LogP contribution in [-0.2, 0) is 4.79 Å².